The Bertz CT molecular complexity index is 926. The lowest BCUT2D eigenvalue weighted by molar-refractivity contribution is -0.120. The van der Waals surface area contributed by atoms with Crippen LogP contribution in [0.2, 0.25) is 0 Å². The second kappa shape index (κ2) is 6.63. The fraction of sp³-hybridized carbons (Fsp3) is 0.286. The Morgan fingerprint density at radius 2 is 1.96 bits per heavy atom. The summed E-state index contributed by atoms with van der Waals surface area (Å²) in [6.07, 6.45) is 5.48. The SMILES string of the molecule is COc1ccccc1CNC(=O)Cc1coc2cc3c(cc12)CCC3. The highest BCUT2D eigenvalue weighted by atomic mass is 16.5. The molecule has 128 valence electrons. The van der Waals surface area contributed by atoms with E-state index in [0.717, 1.165) is 40.7 Å². The van der Waals surface area contributed by atoms with Crippen molar-refractivity contribution in [1.82, 2.24) is 5.32 Å². The second-order valence-electron chi connectivity index (χ2n) is 6.50. The van der Waals surface area contributed by atoms with Crippen molar-refractivity contribution in [3.05, 3.63) is 64.9 Å². The number of furan rings is 1. The van der Waals surface area contributed by atoms with E-state index in [4.69, 9.17) is 9.15 Å². The number of carbonyl (C=O) groups excluding carboxylic acids is 1. The van der Waals surface area contributed by atoms with E-state index in [0.29, 0.717) is 13.0 Å². The van der Waals surface area contributed by atoms with E-state index in [1.165, 1.54) is 17.5 Å². The molecule has 0 fully saturated rings. The summed E-state index contributed by atoms with van der Waals surface area (Å²) in [5.41, 5.74) is 5.57. The highest BCUT2D eigenvalue weighted by Crippen LogP contribution is 2.30. The van der Waals surface area contributed by atoms with Crippen molar-refractivity contribution in [1.29, 1.82) is 0 Å². The van der Waals surface area contributed by atoms with Crippen molar-refractivity contribution in [3.8, 4) is 5.75 Å². The van der Waals surface area contributed by atoms with Crippen molar-refractivity contribution in [2.24, 2.45) is 0 Å². The van der Waals surface area contributed by atoms with Crippen LogP contribution < -0.4 is 10.1 Å². The predicted molar refractivity (Wildman–Crippen MR) is 96.8 cm³/mol. The largest absolute Gasteiger partial charge is 0.496 e. The fourth-order valence-electron chi connectivity index (χ4n) is 3.56. The molecule has 1 N–H and O–H groups in total. The van der Waals surface area contributed by atoms with Crippen molar-refractivity contribution < 1.29 is 13.9 Å². The van der Waals surface area contributed by atoms with Gasteiger partial charge in [-0.2, -0.15) is 0 Å². The van der Waals surface area contributed by atoms with Gasteiger partial charge >= 0.3 is 0 Å². The standard InChI is InChI=1S/C21H21NO3/c1-24-19-8-3-2-5-16(19)12-22-21(23)11-17-13-25-20-10-15-7-4-6-14(15)9-18(17)20/h2-3,5,8-10,13H,4,6-7,11-12H2,1H3,(H,22,23). The summed E-state index contributed by atoms with van der Waals surface area (Å²) in [6.45, 7) is 0.452. The van der Waals surface area contributed by atoms with Crippen LogP contribution in [0.25, 0.3) is 11.0 Å². The van der Waals surface area contributed by atoms with E-state index in [2.05, 4.69) is 17.4 Å². The van der Waals surface area contributed by atoms with Gasteiger partial charge in [-0.3, -0.25) is 4.79 Å². The molecule has 2 aromatic carbocycles. The number of hydrogen-bond acceptors (Lipinski definition) is 3. The van der Waals surface area contributed by atoms with Gasteiger partial charge in [-0.15, -0.1) is 0 Å². The van der Waals surface area contributed by atoms with Gasteiger partial charge in [0.1, 0.15) is 11.3 Å². The number of fused-ring (bicyclic) bond motifs is 2. The molecule has 0 aliphatic heterocycles. The van der Waals surface area contributed by atoms with E-state index in [1.807, 2.05) is 24.3 Å². The normalized spacial score (nSPS) is 13.0. The van der Waals surface area contributed by atoms with Crippen LogP contribution in [0, 0.1) is 0 Å². The van der Waals surface area contributed by atoms with Gasteiger partial charge in [-0.25, -0.2) is 0 Å². The number of hydrogen-bond donors (Lipinski definition) is 1. The maximum Gasteiger partial charge on any atom is 0.224 e. The van der Waals surface area contributed by atoms with Crippen LogP contribution in [-0.4, -0.2) is 13.0 Å². The van der Waals surface area contributed by atoms with Gasteiger partial charge in [0, 0.05) is 23.1 Å². The number of benzene rings is 2. The van der Waals surface area contributed by atoms with Gasteiger partial charge in [-0.1, -0.05) is 18.2 Å². The van der Waals surface area contributed by atoms with Crippen LogP contribution in [0.5, 0.6) is 5.75 Å². The Kier molecular flexibility index (Phi) is 4.18. The minimum Gasteiger partial charge on any atom is -0.496 e. The monoisotopic (exact) mass is 335 g/mol. The van der Waals surface area contributed by atoms with Crippen LogP contribution in [0.15, 0.2) is 47.1 Å². The summed E-state index contributed by atoms with van der Waals surface area (Å²) in [4.78, 5) is 12.4. The number of amides is 1. The van der Waals surface area contributed by atoms with Crippen LogP contribution in [0.1, 0.15) is 28.7 Å². The molecular weight excluding hydrogens is 314 g/mol. The maximum atomic E-state index is 12.4. The lowest BCUT2D eigenvalue weighted by Crippen LogP contribution is -2.24. The summed E-state index contributed by atoms with van der Waals surface area (Å²) in [5.74, 6) is 0.765. The van der Waals surface area contributed by atoms with Crippen molar-refractivity contribution in [2.45, 2.75) is 32.2 Å². The molecule has 0 spiro atoms. The molecule has 0 bridgehead atoms. The average Bonchev–Trinajstić information content (AvgIpc) is 3.25. The van der Waals surface area contributed by atoms with Gasteiger partial charge in [0.15, 0.2) is 0 Å². The van der Waals surface area contributed by atoms with Crippen molar-refractivity contribution >= 4 is 16.9 Å². The third kappa shape index (κ3) is 3.12. The molecule has 1 aliphatic carbocycles. The molecule has 25 heavy (non-hydrogen) atoms. The van der Waals surface area contributed by atoms with Gasteiger partial charge < -0.3 is 14.5 Å². The lowest BCUT2D eigenvalue weighted by atomic mass is 10.0. The smallest absolute Gasteiger partial charge is 0.224 e. The summed E-state index contributed by atoms with van der Waals surface area (Å²) < 4.78 is 11.0. The number of para-hydroxylation sites is 1. The van der Waals surface area contributed by atoms with Crippen molar-refractivity contribution in [2.75, 3.05) is 7.11 Å². The van der Waals surface area contributed by atoms with E-state index in [-0.39, 0.29) is 5.91 Å². The first kappa shape index (κ1) is 15.8. The molecule has 0 saturated carbocycles. The minimum atomic E-state index is -0.0193. The highest BCUT2D eigenvalue weighted by Gasteiger charge is 2.16. The molecular formula is C21H21NO3. The maximum absolute atomic E-state index is 12.4. The highest BCUT2D eigenvalue weighted by molar-refractivity contribution is 5.88. The van der Waals surface area contributed by atoms with Gasteiger partial charge in [0.2, 0.25) is 5.91 Å². The summed E-state index contributed by atoms with van der Waals surface area (Å²) in [6, 6.07) is 12.0. The second-order valence-corrected chi connectivity index (χ2v) is 6.50. The van der Waals surface area contributed by atoms with Gasteiger partial charge in [0.05, 0.1) is 19.8 Å². The van der Waals surface area contributed by atoms with Crippen LogP contribution in [-0.2, 0) is 30.6 Å². The Labute approximate surface area is 146 Å². The molecule has 1 heterocycles. The number of nitrogens with one attached hydrogen (secondary N) is 1. The molecule has 0 radical (unpaired) electrons. The molecule has 0 atom stereocenters. The summed E-state index contributed by atoms with van der Waals surface area (Å²) in [5, 5.41) is 4.03. The van der Waals surface area contributed by atoms with Crippen LogP contribution in [0.4, 0.5) is 0 Å². The topological polar surface area (TPSA) is 51.5 Å². The Morgan fingerprint density at radius 1 is 1.16 bits per heavy atom. The lowest BCUT2D eigenvalue weighted by Gasteiger charge is -2.09. The van der Waals surface area contributed by atoms with Crippen LogP contribution in [0.3, 0.4) is 0 Å². The quantitative estimate of drug-likeness (QED) is 0.772. The zero-order valence-electron chi connectivity index (χ0n) is 14.3. The molecule has 0 saturated heterocycles. The molecule has 4 nitrogen and oxygen atoms in total. The molecule has 0 unspecified atom stereocenters. The number of carbonyl (C=O) groups is 1. The van der Waals surface area contributed by atoms with E-state index in [9.17, 15) is 4.79 Å². The third-order valence-corrected chi connectivity index (χ3v) is 4.89. The van der Waals surface area contributed by atoms with E-state index < -0.39 is 0 Å². The third-order valence-electron chi connectivity index (χ3n) is 4.89. The molecule has 4 heteroatoms. The number of methoxy groups -OCH3 is 1. The number of aryl methyl sites for hydroxylation is 2. The number of rotatable bonds is 5. The van der Waals surface area contributed by atoms with E-state index in [1.54, 1.807) is 13.4 Å². The Hall–Kier alpha value is -2.75. The number of ether oxygens (including phenoxy) is 1. The first-order valence-electron chi connectivity index (χ1n) is 8.65. The minimum absolute atomic E-state index is 0.0193. The zero-order chi connectivity index (χ0) is 17.2. The van der Waals surface area contributed by atoms with Gasteiger partial charge in [-0.05, 0) is 48.6 Å². The Morgan fingerprint density at radius 3 is 2.80 bits per heavy atom. The van der Waals surface area contributed by atoms with Gasteiger partial charge in [0.25, 0.3) is 0 Å². The average molecular weight is 335 g/mol. The molecule has 1 aromatic heterocycles. The molecule has 1 amide bonds. The first-order chi connectivity index (χ1) is 12.2. The summed E-state index contributed by atoms with van der Waals surface area (Å²) in [7, 11) is 1.64. The van der Waals surface area contributed by atoms with E-state index >= 15 is 0 Å². The summed E-state index contributed by atoms with van der Waals surface area (Å²) >= 11 is 0. The first-order valence-corrected chi connectivity index (χ1v) is 8.65. The Balaban J connectivity index is 1.47. The molecule has 3 aromatic rings. The van der Waals surface area contributed by atoms with Crippen LogP contribution >= 0.6 is 0 Å². The fourth-order valence-corrected chi connectivity index (χ4v) is 3.56. The van der Waals surface area contributed by atoms with Crippen molar-refractivity contribution in [3.63, 3.8) is 0 Å². The molecule has 4 rings (SSSR count). The molecule has 1 aliphatic rings. The zero-order valence-corrected chi connectivity index (χ0v) is 14.3. The predicted octanol–water partition coefficient (Wildman–Crippen LogP) is 3.79.